The van der Waals surface area contributed by atoms with E-state index >= 15 is 0 Å². The largest absolute Gasteiger partial charge is 0.299 e. The minimum atomic E-state index is -3.76. The Balaban J connectivity index is 2.96. The summed E-state index contributed by atoms with van der Waals surface area (Å²) in [6.07, 6.45) is 0.559. The maximum atomic E-state index is 11.7. The average molecular weight is 255 g/mol. The summed E-state index contributed by atoms with van der Waals surface area (Å²) in [6, 6.07) is 6.34. The topological polar surface area (TPSA) is 77.2 Å². The molecule has 0 aliphatic rings. The molecule has 1 aromatic carbocycles. The Morgan fingerprint density at radius 1 is 1.29 bits per heavy atom. The maximum absolute atomic E-state index is 11.7. The van der Waals surface area contributed by atoms with Gasteiger partial charge < -0.3 is 0 Å². The van der Waals surface area contributed by atoms with Gasteiger partial charge in [-0.15, -0.1) is 0 Å². The molecule has 94 valence electrons. The van der Waals surface area contributed by atoms with Crippen molar-refractivity contribution in [2.24, 2.45) is 11.1 Å². The Bertz CT molecular complexity index is 506. The third-order valence-corrected chi connectivity index (χ3v) is 3.31. The molecule has 0 bridgehead atoms. The third kappa shape index (κ3) is 4.28. The third-order valence-electron chi connectivity index (χ3n) is 2.30. The van der Waals surface area contributed by atoms with E-state index in [9.17, 15) is 13.2 Å². The first-order valence-corrected chi connectivity index (χ1v) is 6.97. The highest BCUT2D eigenvalue weighted by atomic mass is 32.2. The lowest BCUT2D eigenvalue weighted by Crippen LogP contribution is -2.16. The first-order valence-electron chi connectivity index (χ1n) is 5.43. The number of benzene rings is 1. The number of carbonyl (C=O) groups excluding carboxylic acids is 1. The molecule has 0 aliphatic heterocycles. The number of hydrogen-bond acceptors (Lipinski definition) is 3. The second-order valence-corrected chi connectivity index (χ2v) is 6.00. The molecule has 0 aliphatic carbocycles. The van der Waals surface area contributed by atoms with E-state index < -0.39 is 10.0 Å². The molecule has 1 rings (SSSR count). The fraction of sp³-hybridized carbons (Fsp3) is 0.417. The van der Waals surface area contributed by atoms with Gasteiger partial charge in [0, 0.05) is 12.8 Å². The first-order chi connectivity index (χ1) is 7.80. The van der Waals surface area contributed by atoms with Crippen molar-refractivity contribution in [3.8, 4) is 0 Å². The van der Waals surface area contributed by atoms with Gasteiger partial charge in [0.05, 0.1) is 4.90 Å². The summed E-state index contributed by atoms with van der Waals surface area (Å²) >= 11 is 0. The van der Waals surface area contributed by atoms with Crippen molar-refractivity contribution in [3.63, 3.8) is 0 Å². The molecule has 0 radical (unpaired) electrons. The van der Waals surface area contributed by atoms with E-state index in [-0.39, 0.29) is 23.0 Å². The Morgan fingerprint density at radius 3 is 2.41 bits per heavy atom. The number of carbonyl (C=O) groups is 1. The molecule has 0 amide bonds. The van der Waals surface area contributed by atoms with E-state index in [1.807, 2.05) is 13.8 Å². The first kappa shape index (κ1) is 13.9. The van der Waals surface area contributed by atoms with E-state index in [0.29, 0.717) is 12.0 Å². The van der Waals surface area contributed by atoms with E-state index in [4.69, 9.17) is 5.14 Å². The molecule has 0 spiro atoms. The molecule has 1 aromatic rings. The van der Waals surface area contributed by atoms with E-state index in [0.717, 1.165) is 0 Å². The van der Waals surface area contributed by atoms with Crippen molar-refractivity contribution in [1.82, 2.24) is 0 Å². The van der Waals surface area contributed by atoms with E-state index in [1.54, 1.807) is 18.2 Å². The van der Waals surface area contributed by atoms with E-state index in [1.165, 1.54) is 6.07 Å². The van der Waals surface area contributed by atoms with Gasteiger partial charge in [-0.25, -0.2) is 13.6 Å². The van der Waals surface area contributed by atoms with Crippen molar-refractivity contribution >= 4 is 15.8 Å². The minimum Gasteiger partial charge on any atom is -0.299 e. The van der Waals surface area contributed by atoms with Crippen molar-refractivity contribution in [1.29, 1.82) is 0 Å². The molecule has 0 heterocycles. The molecule has 0 aromatic heterocycles. The highest BCUT2D eigenvalue weighted by Crippen LogP contribution is 2.16. The van der Waals surface area contributed by atoms with Crippen LogP contribution in [0.3, 0.4) is 0 Å². The molecule has 0 atom stereocenters. The predicted molar refractivity (Wildman–Crippen MR) is 66.0 cm³/mol. The van der Waals surface area contributed by atoms with Crippen LogP contribution in [0, 0.1) is 5.92 Å². The number of nitrogens with two attached hydrogens (primary N) is 1. The summed E-state index contributed by atoms with van der Waals surface area (Å²) in [6.45, 7) is 3.90. The number of rotatable bonds is 5. The lowest BCUT2D eigenvalue weighted by Gasteiger charge is -2.08. The Kier molecular flexibility index (Phi) is 4.42. The van der Waals surface area contributed by atoms with Gasteiger partial charge in [-0.3, -0.25) is 4.79 Å². The molecule has 17 heavy (non-hydrogen) atoms. The van der Waals surface area contributed by atoms with Crippen LogP contribution in [0.5, 0.6) is 0 Å². The second kappa shape index (κ2) is 5.42. The smallest absolute Gasteiger partial charge is 0.238 e. The summed E-state index contributed by atoms with van der Waals surface area (Å²) in [5, 5.41) is 5.10. The molecule has 4 nitrogen and oxygen atoms in total. The quantitative estimate of drug-likeness (QED) is 0.866. The molecule has 0 saturated heterocycles. The highest BCUT2D eigenvalue weighted by molar-refractivity contribution is 7.89. The van der Waals surface area contributed by atoms with Crippen molar-refractivity contribution in [3.05, 3.63) is 29.8 Å². The zero-order valence-electron chi connectivity index (χ0n) is 10.0. The lowest BCUT2D eigenvalue weighted by molar-refractivity contribution is -0.119. The van der Waals surface area contributed by atoms with Gasteiger partial charge in [0.2, 0.25) is 10.0 Å². The monoisotopic (exact) mass is 255 g/mol. The van der Waals surface area contributed by atoms with Crippen LogP contribution in [-0.4, -0.2) is 14.2 Å². The van der Waals surface area contributed by atoms with Gasteiger partial charge in [0.15, 0.2) is 0 Å². The highest BCUT2D eigenvalue weighted by Gasteiger charge is 2.15. The molecule has 0 saturated carbocycles. The fourth-order valence-corrected chi connectivity index (χ4v) is 2.44. The molecule has 2 N–H and O–H groups in total. The van der Waals surface area contributed by atoms with Crippen LogP contribution < -0.4 is 5.14 Å². The molecular formula is C12H17NO3S. The van der Waals surface area contributed by atoms with Crippen LogP contribution in [0.4, 0.5) is 0 Å². The Labute approximate surface area is 102 Å². The SMILES string of the molecule is CC(C)CC(=O)Cc1ccccc1S(N)(=O)=O. The van der Waals surface area contributed by atoms with E-state index in [2.05, 4.69) is 0 Å². The zero-order chi connectivity index (χ0) is 13.1. The number of ketones is 1. The lowest BCUT2D eigenvalue weighted by atomic mass is 10.0. The standard InChI is InChI=1S/C12H17NO3S/c1-9(2)7-11(14)8-10-5-3-4-6-12(10)17(13,15)16/h3-6,9H,7-8H2,1-2H3,(H2,13,15,16). The van der Waals surface area contributed by atoms with Gasteiger partial charge in [-0.2, -0.15) is 0 Å². The second-order valence-electron chi connectivity index (χ2n) is 4.47. The van der Waals surface area contributed by atoms with Crippen molar-refractivity contribution in [2.75, 3.05) is 0 Å². The van der Waals surface area contributed by atoms with Crippen LogP contribution in [0.15, 0.2) is 29.2 Å². The normalized spacial score (nSPS) is 11.8. The molecule has 0 fully saturated rings. The van der Waals surface area contributed by atoms with Crippen molar-refractivity contribution < 1.29 is 13.2 Å². The van der Waals surface area contributed by atoms with Gasteiger partial charge in [-0.1, -0.05) is 32.0 Å². The average Bonchev–Trinajstić information content (AvgIpc) is 2.15. The molecule has 5 heteroatoms. The van der Waals surface area contributed by atoms with Crippen molar-refractivity contribution in [2.45, 2.75) is 31.6 Å². The number of Topliss-reactive ketones (excluding diaryl/α,β-unsaturated/α-hetero) is 1. The van der Waals surface area contributed by atoms with Crippen LogP contribution in [0.2, 0.25) is 0 Å². The van der Waals surface area contributed by atoms with Gasteiger partial charge in [0.25, 0.3) is 0 Å². The molecular weight excluding hydrogens is 238 g/mol. The van der Waals surface area contributed by atoms with Crippen LogP contribution in [0.25, 0.3) is 0 Å². The number of primary sulfonamides is 1. The van der Waals surface area contributed by atoms with Gasteiger partial charge in [0.1, 0.15) is 5.78 Å². The van der Waals surface area contributed by atoms with Crippen LogP contribution in [-0.2, 0) is 21.2 Å². The summed E-state index contributed by atoms with van der Waals surface area (Å²) in [5.74, 6) is 0.292. The van der Waals surface area contributed by atoms with Crippen LogP contribution >= 0.6 is 0 Å². The number of hydrogen-bond donors (Lipinski definition) is 1. The van der Waals surface area contributed by atoms with Gasteiger partial charge in [-0.05, 0) is 17.5 Å². The van der Waals surface area contributed by atoms with Gasteiger partial charge >= 0.3 is 0 Å². The Hall–Kier alpha value is -1.20. The van der Waals surface area contributed by atoms with Crippen LogP contribution in [0.1, 0.15) is 25.8 Å². The predicted octanol–water partition coefficient (Wildman–Crippen LogP) is 1.49. The maximum Gasteiger partial charge on any atom is 0.238 e. The molecule has 0 unspecified atom stereocenters. The Morgan fingerprint density at radius 2 is 1.88 bits per heavy atom. The summed E-state index contributed by atoms with van der Waals surface area (Å²) in [4.78, 5) is 11.7. The zero-order valence-corrected chi connectivity index (χ0v) is 10.8. The number of sulfonamides is 1. The summed E-state index contributed by atoms with van der Waals surface area (Å²) in [7, 11) is -3.76. The summed E-state index contributed by atoms with van der Waals surface area (Å²) in [5.41, 5.74) is 0.473. The summed E-state index contributed by atoms with van der Waals surface area (Å²) < 4.78 is 22.6. The minimum absolute atomic E-state index is 0.0242. The fourth-order valence-electron chi connectivity index (χ4n) is 1.67.